The zero-order chi connectivity index (χ0) is 21.8. The van der Waals surface area contributed by atoms with E-state index in [9.17, 15) is 13.2 Å². The number of sulfonamides is 1. The van der Waals surface area contributed by atoms with Gasteiger partial charge in [-0.1, -0.05) is 24.3 Å². The Morgan fingerprint density at radius 1 is 0.968 bits per heavy atom. The molecule has 0 unspecified atom stereocenters. The number of anilines is 1. The number of carbonyl (C=O) groups excluding carboxylic acids is 1. The molecule has 31 heavy (non-hydrogen) atoms. The third kappa shape index (κ3) is 4.64. The molecule has 1 aliphatic rings. The van der Waals surface area contributed by atoms with Gasteiger partial charge < -0.3 is 14.4 Å². The van der Waals surface area contributed by atoms with Crippen LogP contribution in [0.2, 0.25) is 0 Å². The van der Waals surface area contributed by atoms with E-state index in [2.05, 4.69) is 4.72 Å². The quantitative estimate of drug-likeness (QED) is 0.605. The summed E-state index contributed by atoms with van der Waals surface area (Å²) >= 11 is 0. The largest absolute Gasteiger partial charge is 0.454 e. The second kappa shape index (κ2) is 8.69. The second-order valence-electron chi connectivity index (χ2n) is 7.00. The molecule has 1 N–H and O–H groups in total. The average molecular weight is 439 g/mol. The molecule has 3 aromatic carbocycles. The molecule has 0 aliphatic carbocycles. The number of hydrogen-bond acceptors (Lipinski definition) is 5. The first-order valence-corrected chi connectivity index (χ1v) is 11.3. The van der Waals surface area contributed by atoms with Crippen LogP contribution in [0.5, 0.6) is 11.5 Å². The van der Waals surface area contributed by atoms with Crippen molar-refractivity contribution in [2.45, 2.75) is 18.4 Å². The van der Waals surface area contributed by atoms with E-state index >= 15 is 0 Å². The van der Waals surface area contributed by atoms with Gasteiger partial charge in [-0.3, -0.25) is 9.52 Å². The van der Waals surface area contributed by atoms with Crippen molar-refractivity contribution in [1.29, 1.82) is 0 Å². The van der Waals surface area contributed by atoms with Gasteiger partial charge in [-0.25, -0.2) is 8.42 Å². The summed E-state index contributed by atoms with van der Waals surface area (Å²) in [6, 6.07) is 20.2. The first-order chi connectivity index (χ1) is 15.0. The van der Waals surface area contributed by atoms with Gasteiger partial charge in [0.2, 0.25) is 6.79 Å². The van der Waals surface area contributed by atoms with E-state index < -0.39 is 10.0 Å². The number of nitrogens with zero attached hydrogens (tertiary/aromatic N) is 1. The van der Waals surface area contributed by atoms with Gasteiger partial charge in [0, 0.05) is 24.3 Å². The highest BCUT2D eigenvalue weighted by atomic mass is 32.2. The highest BCUT2D eigenvalue weighted by Gasteiger charge is 2.19. The number of hydrogen-bond donors (Lipinski definition) is 1. The van der Waals surface area contributed by atoms with Gasteiger partial charge >= 0.3 is 0 Å². The maximum atomic E-state index is 13.0. The number of rotatable bonds is 7. The van der Waals surface area contributed by atoms with Crippen LogP contribution in [0.1, 0.15) is 22.8 Å². The van der Waals surface area contributed by atoms with Crippen LogP contribution in [0.25, 0.3) is 0 Å². The maximum absolute atomic E-state index is 13.0. The lowest BCUT2D eigenvalue weighted by molar-refractivity contribution is 0.0752. The molecule has 0 fully saturated rings. The molecule has 0 saturated heterocycles. The molecular weight excluding hydrogens is 416 g/mol. The minimum atomic E-state index is -3.74. The third-order valence-electron chi connectivity index (χ3n) is 4.92. The molecule has 3 aromatic rings. The predicted octanol–water partition coefficient (Wildman–Crippen LogP) is 3.88. The summed E-state index contributed by atoms with van der Waals surface area (Å²) in [5.74, 6) is 1.18. The zero-order valence-corrected chi connectivity index (χ0v) is 17.8. The number of benzene rings is 3. The van der Waals surface area contributed by atoms with Crippen LogP contribution in [-0.4, -0.2) is 32.6 Å². The molecule has 4 rings (SSSR count). The highest BCUT2D eigenvalue weighted by molar-refractivity contribution is 7.92. The van der Waals surface area contributed by atoms with Crippen LogP contribution in [0.4, 0.5) is 5.69 Å². The van der Waals surface area contributed by atoms with Crippen LogP contribution < -0.4 is 14.2 Å². The minimum absolute atomic E-state index is 0.0896. The van der Waals surface area contributed by atoms with E-state index in [1.54, 1.807) is 35.2 Å². The number of nitrogens with one attached hydrogen (secondary N) is 1. The Labute approximate surface area is 181 Å². The lowest BCUT2D eigenvalue weighted by Crippen LogP contribution is -2.30. The Kier molecular flexibility index (Phi) is 5.81. The molecule has 8 heteroatoms. The van der Waals surface area contributed by atoms with Crippen molar-refractivity contribution >= 4 is 21.6 Å². The predicted molar refractivity (Wildman–Crippen MR) is 117 cm³/mol. The lowest BCUT2D eigenvalue weighted by Gasteiger charge is -2.21. The fourth-order valence-electron chi connectivity index (χ4n) is 3.27. The maximum Gasteiger partial charge on any atom is 0.261 e. The Bertz CT molecular complexity index is 1180. The molecule has 0 saturated carbocycles. The van der Waals surface area contributed by atoms with Crippen molar-refractivity contribution in [3.63, 3.8) is 0 Å². The monoisotopic (exact) mass is 438 g/mol. The minimum Gasteiger partial charge on any atom is -0.454 e. The molecule has 0 bridgehead atoms. The van der Waals surface area contributed by atoms with E-state index in [0.29, 0.717) is 35.8 Å². The second-order valence-corrected chi connectivity index (χ2v) is 8.69. The highest BCUT2D eigenvalue weighted by Crippen LogP contribution is 2.33. The molecule has 7 nitrogen and oxygen atoms in total. The van der Waals surface area contributed by atoms with Gasteiger partial charge in [-0.2, -0.15) is 0 Å². The van der Waals surface area contributed by atoms with Crippen LogP contribution in [0.3, 0.4) is 0 Å². The Morgan fingerprint density at radius 2 is 1.68 bits per heavy atom. The van der Waals surface area contributed by atoms with Crippen LogP contribution in [-0.2, 0) is 16.6 Å². The van der Waals surface area contributed by atoms with Crippen molar-refractivity contribution in [2.24, 2.45) is 0 Å². The molecule has 0 radical (unpaired) electrons. The number of para-hydroxylation sites is 1. The fourth-order valence-corrected chi connectivity index (χ4v) is 4.33. The molecular formula is C23H22N2O5S. The van der Waals surface area contributed by atoms with E-state index in [1.807, 2.05) is 25.1 Å². The van der Waals surface area contributed by atoms with Crippen LogP contribution in [0, 0.1) is 0 Å². The lowest BCUT2D eigenvalue weighted by atomic mass is 10.1. The van der Waals surface area contributed by atoms with Crippen LogP contribution in [0.15, 0.2) is 77.7 Å². The smallest absolute Gasteiger partial charge is 0.261 e. The normalized spacial score (nSPS) is 12.4. The topological polar surface area (TPSA) is 84.9 Å². The van der Waals surface area contributed by atoms with Gasteiger partial charge in [-0.05, 0) is 61.0 Å². The summed E-state index contributed by atoms with van der Waals surface area (Å²) < 4.78 is 38.4. The van der Waals surface area contributed by atoms with E-state index in [4.69, 9.17) is 9.47 Å². The summed E-state index contributed by atoms with van der Waals surface area (Å²) in [5.41, 5.74) is 1.82. The van der Waals surface area contributed by atoms with Crippen molar-refractivity contribution < 1.29 is 22.7 Å². The third-order valence-corrected chi connectivity index (χ3v) is 6.31. The summed E-state index contributed by atoms with van der Waals surface area (Å²) in [5, 5.41) is 0. The van der Waals surface area contributed by atoms with Gasteiger partial charge in [-0.15, -0.1) is 0 Å². The summed E-state index contributed by atoms with van der Waals surface area (Å²) in [4.78, 5) is 14.7. The standard InChI is InChI=1S/C23H22N2O5S/c1-2-25(15-17-8-13-21-22(14-17)30-16-29-21)23(26)18-9-11-20(12-10-18)31(27,28)24-19-6-4-3-5-7-19/h3-14,24H,2,15-16H2,1H3. The summed E-state index contributed by atoms with van der Waals surface area (Å²) in [6.45, 7) is 3.00. The molecule has 0 spiro atoms. The molecule has 1 heterocycles. The summed E-state index contributed by atoms with van der Waals surface area (Å²) in [7, 11) is -3.74. The van der Waals surface area contributed by atoms with Gasteiger partial charge in [0.05, 0.1) is 4.90 Å². The van der Waals surface area contributed by atoms with Gasteiger partial charge in [0.1, 0.15) is 0 Å². The zero-order valence-electron chi connectivity index (χ0n) is 16.9. The van der Waals surface area contributed by atoms with Gasteiger partial charge in [0.15, 0.2) is 11.5 Å². The van der Waals surface area contributed by atoms with Crippen molar-refractivity contribution in [3.8, 4) is 11.5 Å². The Morgan fingerprint density at radius 3 is 2.39 bits per heavy atom. The molecule has 1 amide bonds. The average Bonchev–Trinajstić information content (AvgIpc) is 3.25. The summed E-state index contributed by atoms with van der Waals surface area (Å²) in [6.07, 6.45) is 0. The first kappa shape index (κ1) is 20.7. The fraction of sp³-hybridized carbons (Fsp3) is 0.174. The van der Waals surface area contributed by atoms with Crippen LogP contribution >= 0.6 is 0 Å². The van der Waals surface area contributed by atoms with E-state index in [1.165, 1.54) is 24.3 Å². The first-order valence-electron chi connectivity index (χ1n) is 9.82. The molecule has 0 atom stereocenters. The van der Waals surface area contributed by atoms with E-state index in [-0.39, 0.29) is 17.6 Å². The molecule has 0 aromatic heterocycles. The Balaban J connectivity index is 1.47. The van der Waals surface area contributed by atoms with E-state index in [0.717, 1.165) is 5.56 Å². The SMILES string of the molecule is CCN(Cc1ccc2c(c1)OCO2)C(=O)c1ccc(S(=O)(=O)Nc2ccccc2)cc1. The van der Waals surface area contributed by atoms with Gasteiger partial charge in [0.25, 0.3) is 15.9 Å². The number of ether oxygens (including phenoxy) is 2. The van der Waals surface area contributed by atoms with Crippen molar-refractivity contribution in [1.82, 2.24) is 4.90 Å². The van der Waals surface area contributed by atoms with Crippen molar-refractivity contribution in [2.75, 3.05) is 18.1 Å². The van der Waals surface area contributed by atoms with Crippen molar-refractivity contribution in [3.05, 3.63) is 83.9 Å². The molecule has 1 aliphatic heterocycles. The Hall–Kier alpha value is -3.52. The number of carbonyl (C=O) groups is 1. The molecule has 160 valence electrons. The number of fused-ring (bicyclic) bond motifs is 1. The number of amides is 1.